The maximum absolute atomic E-state index is 11.4. The fraction of sp³-hybridized carbons (Fsp3) is 0.700. The molecule has 1 aromatic heterocycles. The standard InChI is InChI=1S/C10H19N5O/c1-3-4-5-12-9(16)6-15-7-13-10(14-15)8(2)11/h7-8H,3-6,11H2,1-2H3,(H,12,16). The zero-order valence-corrected chi connectivity index (χ0v) is 9.81. The van der Waals surface area contributed by atoms with Crippen molar-refractivity contribution in [1.82, 2.24) is 20.1 Å². The molecule has 0 fully saturated rings. The average molecular weight is 225 g/mol. The first kappa shape index (κ1) is 12.6. The highest BCUT2D eigenvalue weighted by atomic mass is 16.2. The Morgan fingerprint density at radius 1 is 1.69 bits per heavy atom. The summed E-state index contributed by atoms with van der Waals surface area (Å²) in [4.78, 5) is 15.4. The van der Waals surface area contributed by atoms with E-state index in [9.17, 15) is 4.79 Å². The molecule has 16 heavy (non-hydrogen) atoms. The molecule has 1 aromatic rings. The SMILES string of the molecule is CCCCNC(=O)Cn1cnc(C(C)N)n1. The third-order valence-electron chi connectivity index (χ3n) is 2.12. The lowest BCUT2D eigenvalue weighted by molar-refractivity contribution is -0.121. The Morgan fingerprint density at radius 3 is 3.00 bits per heavy atom. The predicted molar refractivity (Wildman–Crippen MR) is 60.5 cm³/mol. The number of nitrogens with two attached hydrogens (primary N) is 1. The number of amides is 1. The van der Waals surface area contributed by atoms with Crippen molar-refractivity contribution in [3.8, 4) is 0 Å². The van der Waals surface area contributed by atoms with Crippen LogP contribution >= 0.6 is 0 Å². The molecule has 6 nitrogen and oxygen atoms in total. The fourth-order valence-corrected chi connectivity index (χ4v) is 1.20. The molecular weight excluding hydrogens is 206 g/mol. The minimum Gasteiger partial charge on any atom is -0.354 e. The van der Waals surface area contributed by atoms with Gasteiger partial charge in [-0.25, -0.2) is 9.67 Å². The number of nitrogens with one attached hydrogen (secondary N) is 1. The van der Waals surface area contributed by atoms with E-state index < -0.39 is 0 Å². The van der Waals surface area contributed by atoms with Crippen molar-refractivity contribution in [2.45, 2.75) is 39.3 Å². The third kappa shape index (κ3) is 3.98. The Labute approximate surface area is 95.2 Å². The highest BCUT2D eigenvalue weighted by molar-refractivity contribution is 5.75. The van der Waals surface area contributed by atoms with Crippen LogP contribution in [0.3, 0.4) is 0 Å². The molecule has 0 spiro atoms. The Bertz CT molecular complexity index is 334. The summed E-state index contributed by atoms with van der Waals surface area (Å²) in [5.74, 6) is 0.510. The van der Waals surface area contributed by atoms with E-state index in [0.29, 0.717) is 12.4 Å². The van der Waals surface area contributed by atoms with Crippen molar-refractivity contribution < 1.29 is 4.79 Å². The van der Waals surface area contributed by atoms with Gasteiger partial charge in [0, 0.05) is 6.54 Å². The van der Waals surface area contributed by atoms with Crippen LogP contribution in [0.4, 0.5) is 0 Å². The molecule has 0 radical (unpaired) electrons. The van der Waals surface area contributed by atoms with Crippen LogP contribution in [-0.2, 0) is 11.3 Å². The predicted octanol–water partition coefficient (Wildman–Crippen LogP) is 0.214. The summed E-state index contributed by atoms with van der Waals surface area (Å²) in [6, 6.07) is -0.204. The number of carbonyl (C=O) groups is 1. The van der Waals surface area contributed by atoms with Crippen LogP contribution in [0.2, 0.25) is 0 Å². The second kappa shape index (κ2) is 6.22. The molecule has 6 heteroatoms. The first-order valence-corrected chi connectivity index (χ1v) is 5.55. The van der Waals surface area contributed by atoms with E-state index in [0.717, 1.165) is 12.8 Å². The van der Waals surface area contributed by atoms with Crippen molar-refractivity contribution in [2.75, 3.05) is 6.54 Å². The van der Waals surface area contributed by atoms with Gasteiger partial charge in [-0.2, -0.15) is 5.10 Å². The summed E-state index contributed by atoms with van der Waals surface area (Å²) in [6.07, 6.45) is 3.59. The summed E-state index contributed by atoms with van der Waals surface area (Å²) in [7, 11) is 0. The normalized spacial score (nSPS) is 12.4. The largest absolute Gasteiger partial charge is 0.354 e. The van der Waals surface area contributed by atoms with Gasteiger partial charge >= 0.3 is 0 Å². The molecule has 1 heterocycles. The van der Waals surface area contributed by atoms with Crippen LogP contribution in [0, 0.1) is 0 Å². The van der Waals surface area contributed by atoms with Crippen LogP contribution in [0.15, 0.2) is 6.33 Å². The highest BCUT2D eigenvalue weighted by Crippen LogP contribution is 2.00. The van der Waals surface area contributed by atoms with Gasteiger partial charge in [0.05, 0.1) is 6.04 Å². The molecule has 0 aliphatic heterocycles. The summed E-state index contributed by atoms with van der Waals surface area (Å²) in [6.45, 7) is 4.80. The molecule has 0 bridgehead atoms. The van der Waals surface area contributed by atoms with Crippen LogP contribution in [-0.4, -0.2) is 27.2 Å². The van der Waals surface area contributed by atoms with Crippen LogP contribution in [0.25, 0.3) is 0 Å². The Hall–Kier alpha value is -1.43. The molecule has 1 unspecified atom stereocenters. The molecule has 1 atom stereocenters. The number of unbranched alkanes of at least 4 members (excludes halogenated alkanes) is 1. The van der Waals surface area contributed by atoms with Gasteiger partial charge in [0.25, 0.3) is 0 Å². The lowest BCUT2D eigenvalue weighted by atomic mass is 10.3. The number of hydrogen-bond donors (Lipinski definition) is 2. The number of rotatable bonds is 6. The highest BCUT2D eigenvalue weighted by Gasteiger charge is 2.07. The number of nitrogens with zero attached hydrogens (tertiary/aromatic N) is 3. The summed E-state index contributed by atoms with van der Waals surface area (Å²) in [5.41, 5.74) is 5.62. The second-order valence-corrected chi connectivity index (χ2v) is 3.79. The van der Waals surface area contributed by atoms with Gasteiger partial charge in [0.15, 0.2) is 5.82 Å². The van der Waals surface area contributed by atoms with E-state index in [-0.39, 0.29) is 18.5 Å². The first-order valence-electron chi connectivity index (χ1n) is 5.55. The quantitative estimate of drug-likeness (QED) is 0.678. The molecule has 3 N–H and O–H groups in total. The van der Waals surface area contributed by atoms with Gasteiger partial charge in [-0.15, -0.1) is 0 Å². The number of carbonyl (C=O) groups excluding carboxylic acids is 1. The molecule has 1 rings (SSSR count). The van der Waals surface area contributed by atoms with Crippen molar-refractivity contribution in [2.24, 2.45) is 5.73 Å². The maximum Gasteiger partial charge on any atom is 0.241 e. The zero-order valence-electron chi connectivity index (χ0n) is 9.81. The molecule has 1 amide bonds. The smallest absolute Gasteiger partial charge is 0.241 e. The summed E-state index contributed by atoms with van der Waals surface area (Å²) < 4.78 is 1.50. The zero-order chi connectivity index (χ0) is 12.0. The maximum atomic E-state index is 11.4. The van der Waals surface area contributed by atoms with Crippen molar-refractivity contribution in [3.63, 3.8) is 0 Å². The Morgan fingerprint density at radius 2 is 2.44 bits per heavy atom. The van der Waals surface area contributed by atoms with Crippen LogP contribution < -0.4 is 11.1 Å². The number of aromatic nitrogens is 3. The van der Waals surface area contributed by atoms with Gasteiger partial charge in [-0.1, -0.05) is 13.3 Å². The van der Waals surface area contributed by atoms with Gasteiger partial charge in [-0.05, 0) is 13.3 Å². The second-order valence-electron chi connectivity index (χ2n) is 3.79. The lowest BCUT2D eigenvalue weighted by Crippen LogP contribution is -2.28. The van der Waals surface area contributed by atoms with Gasteiger partial charge in [-0.3, -0.25) is 4.79 Å². The lowest BCUT2D eigenvalue weighted by Gasteiger charge is -2.03. The topological polar surface area (TPSA) is 85.8 Å². The van der Waals surface area contributed by atoms with Crippen molar-refractivity contribution in [1.29, 1.82) is 0 Å². The minimum atomic E-state index is -0.204. The van der Waals surface area contributed by atoms with E-state index >= 15 is 0 Å². The first-order chi connectivity index (χ1) is 7.63. The van der Waals surface area contributed by atoms with Gasteiger partial charge in [0.1, 0.15) is 12.9 Å². The van der Waals surface area contributed by atoms with E-state index in [4.69, 9.17) is 5.73 Å². The monoisotopic (exact) mass is 225 g/mol. The third-order valence-corrected chi connectivity index (χ3v) is 2.12. The van der Waals surface area contributed by atoms with Crippen molar-refractivity contribution >= 4 is 5.91 Å². The average Bonchev–Trinajstić information content (AvgIpc) is 2.66. The molecule has 0 saturated carbocycles. The summed E-state index contributed by atoms with van der Waals surface area (Å²) in [5, 5.41) is 6.91. The minimum absolute atomic E-state index is 0.0467. The van der Waals surface area contributed by atoms with Gasteiger partial charge in [0.2, 0.25) is 5.91 Å². The molecule has 0 aliphatic carbocycles. The van der Waals surface area contributed by atoms with Gasteiger partial charge < -0.3 is 11.1 Å². The molecule has 0 saturated heterocycles. The van der Waals surface area contributed by atoms with E-state index in [1.165, 1.54) is 11.0 Å². The van der Waals surface area contributed by atoms with E-state index in [1.807, 2.05) is 0 Å². The Kier molecular flexibility index (Phi) is 4.91. The molecule has 0 aliphatic rings. The molecule has 90 valence electrons. The molecule has 0 aromatic carbocycles. The van der Waals surface area contributed by atoms with Crippen LogP contribution in [0.5, 0.6) is 0 Å². The molecular formula is C10H19N5O. The van der Waals surface area contributed by atoms with E-state index in [1.54, 1.807) is 6.92 Å². The van der Waals surface area contributed by atoms with Crippen molar-refractivity contribution in [3.05, 3.63) is 12.2 Å². The number of hydrogen-bond acceptors (Lipinski definition) is 4. The van der Waals surface area contributed by atoms with Crippen LogP contribution in [0.1, 0.15) is 38.6 Å². The fourth-order valence-electron chi connectivity index (χ4n) is 1.20. The Balaban J connectivity index is 2.37. The van der Waals surface area contributed by atoms with E-state index in [2.05, 4.69) is 22.3 Å². The summed E-state index contributed by atoms with van der Waals surface area (Å²) >= 11 is 0.